The van der Waals surface area contributed by atoms with Crippen LogP contribution >= 0.6 is 23.2 Å². The van der Waals surface area contributed by atoms with Gasteiger partial charge in [0.2, 0.25) is 12.8 Å². The monoisotopic (exact) mass is 573 g/mol. The van der Waals surface area contributed by atoms with Crippen LogP contribution < -0.4 is 16.0 Å². The summed E-state index contributed by atoms with van der Waals surface area (Å²) in [6.07, 6.45) is 4.00. The van der Waals surface area contributed by atoms with Crippen LogP contribution in [0.25, 0.3) is 0 Å². The SMILES string of the molecule is CC(C)(C)C.O=CNCCCCCO.O=CNc1cc(Cl)c(F)cc1C1CNC[C@@H]1c1ccc(F)c(Cl)c1. The van der Waals surface area contributed by atoms with Crippen LogP contribution in [0.3, 0.4) is 0 Å². The zero-order valence-electron chi connectivity index (χ0n) is 22.4. The van der Waals surface area contributed by atoms with Gasteiger partial charge in [-0.25, -0.2) is 8.78 Å². The lowest BCUT2D eigenvalue weighted by molar-refractivity contribution is -0.109. The summed E-state index contributed by atoms with van der Waals surface area (Å²) in [6.45, 7) is 11.0. The van der Waals surface area contributed by atoms with Crippen LogP contribution in [0.1, 0.15) is 69.9 Å². The second-order valence-electron chi connectivity index (χ2n) is 10.5. The second-order valence-corrected chi connectivity index (χ2v) is 11.3. The van der Waals surface area contributed by atoms with Crippen molar-refractivity contribution in [1.29, 1.82) is 0 Å². The predicted octanol–water partition coefficient (Wildman–Crippen LogP) is 6.26. The van der Waals surface area contributed by atoms with Crippen LogP contribution in [-0.4, -0.2) is 44.2 Å². The maximum Gasteiger partial charge on any atom is 0.211 e. The highest BCUT2D eigenvalue weighted by Gasteiger charge is 2.32. The summed E-state index contributed by atoms with van der Waals surface area (Å²) in [6, 6.07) is 7.31. The Balaban J connectivity index is 0.000000428. The molecule has 6 nitrogen and oxygen atoms in total. The zero-order valence-corrected chi connectivity index (χ0v) is 23.9. The van der Waals surface area contributed by atoms with Crippen molar-refractivity contribution in [2.45, 2.75) is 58.8 Å². The molecule has 0 aromatic heterocycles. The van der Waals surface area contributed by atoms with Gasteiger partial charge >= 0.3 is 0 Å². The minimum Gasteiger partial charge on any atom is -0.396 e. The highest BCUT2D eigenvalue weighted by atomic mass is 35.5. The molecule has 38 heavy (non-hydrogen) atoms. The highest BCUT2D eigenvalue weighted by Crippen LogP contribution is 2.41. The van der Waals surface area contributed by atoms with Gasteiger partial charge in [-0.3, -0.25) is 9.59 Å². The van der Waals surface area contributed by atoms with Crippen LogP contribution in [0, 0.1) is 17.0 Å². The van der Waals surface area contributed by atoms with Crippen molar-refractivity contribution in [2.24, 2.45) is 5.41 Å². The summed E-state index contributed by atoms with van der Waals surface area (Å²) in [5, 5.41) is 16.7. The van der Waals surface area contributed by atoms with Crippen molar-refractivity contribution in [3.05, 3.63) is 63.1 Å². The molecule has 212 valence electrons. The summed E-state index contributed by atoms with van der Waals surface area (Å²) in [7, 11) is 0. The van der Waals surface area contributed by atoms with E-state index in [4.69, 9.17) is 28.3 Å². The molecule has 0 radical (unpaired) electrons. The van der Waals surface area contributed by atoms with E-state index in [1.807, 2.05) is 0 Å². The van der Waals surface area contributed by atoms with E-state index in [-0.39, 0.29) is 28.5 Å². The number of aliphatic hydroxyl groups is 1. The molecule has 1 aliphatic heterocycles. The van der Waals surface area contributed by atoms with Gasteiger partial charge in [0, 0.05) is 43.8 Å². The van der Waals surface area contributed by atoms with Gasteiger partial charge in [0.05, 0.1) is 10.0 Å². The van der Waals surface area contributed by atoms with Gasteiger partial charge in [-0.05, 0) is 60.1 Å². The number of amides is 2. The first-order chi connectivity index (χ1) is 17.9. The Labute approximate surface area is 234 Å². The number of carbonyl (C=O) groups is 2. The Hall–Kier alpha value is -2.26. The molecule has 4 N–H and O–H groups in total. The molecule has 0 bridgehead atoms. The molecule has 0 aliphatic carbocycles. The Morgan fingerprint density at radius 2 is 1.58 bits per heavy atom. The third-order valence-electron chi connectivity index (χ3n) is 5.35. The quantitative estimate of drug-likeness (QED) is 0.199. The predicted molar refractivity (Wildman–Crippen MR) is 151 cm³/mol. The molecule has 0 saturated carbocycles. The number of hydrogen-bond acceptors (Lipinski definition) is 4. The first-order valence-electron chi connectivity index (χ1n) is 12.6. The van der Waals surface area contributed by atoms with Crippen LogP contribution in [0.5, 0.6) is 0 Å². The maximum absolute atomic E-state index is 14.0. The van der Waals surface area contributed by atoms with Crippen molar-refractivity contribution in [2.75, 3.05) is 31.6 Å². The van der Waals surface area contributed by atoms with Gasteiger partial charge in [-0.1, -0.05) is 57.0 Å². The Bertz CT molecular complexity index is 1010. The van der Waals surface area contributed by atoms with Crippen molar-refractivity contribution in [1.82, 2.24) is 10.6 Å². The van der Waals surface area contributed by atoms with Crippen molar-refractivity contribution in [3.63, 3.8) is 0 Å². The zero-order chi connectivity index (χ0) is 28.7. The number of nitrogens with one attached hydrogen (secondary N) is 3. The number of anilines is 1. The fourth-order valence-corrected chi connectivity index (χ4v) is 4.08. The first-order valence-corrected chi connectivity index (χ1v) is 13.3. The molecule has 2 amide bonds. The number of aliphatic hydroxyl groups excluding tert-OH is 1. The number of carbonyl (C=O) groups excluding carboxylic acids is 2. The average molecular weight is 575 g/mol. The van der Waals surface area contributed by atoms with Gasteiger partial charge in [-0.15, -0.1) is 0 Å². The number of benzene rings is 2. The summed E-state index contributed by atoms with van der Waals surface area (Å²) in [5.74, 6) is -1.17. The van der Waals surface area contributed by atoms with Crippen molar-refractivity contribution >= 4 is 41.7 Å². The second kappa shape index (κ2) is 17.4. The van der Waals surface area contributed by atoms with Crippen LogP contribution in [-0.2, 0) is 9.59 Å². The summed E-state index contributed by atoms with van der Waals surface area (Å²) < 4.78 is 27.4. The standard InChI is InChI=1S/C17H14Cl2F2N2O.C6H13NO2.C5H12/c18-13-3-9(1-2-15(13)20)11-6-22-7-12(11)10-4-16(21)14(19)5-17(10)23-8-24;8-5-3-1-2-4-7-6-9;1-5(2,3)4/h1-5,8,11-12,22H,6-7H2,(H,23,24);6,8H,1-5H2,(H,7,9);1-4H3/t11-,12?;;/m1../s1. The van der Waals surface area contributed by atoms with Crippen LogP contribution in [0.4, 0.5) is 14.5 Å². The van der Waals surface area contributed by atoms with Gasteiger partial charge in [0.15, 0.2) is 0 Å². The number of hydrogen-bond donors (Lipinski definition) is 4. The summed E-state index contributed by atoms with van der Waals surface area (Å²) in [4.78, 5) is 20.5. The molecule has 2 aromatic rings. The molecule has 2 atom stereocenters. The molecule has 10 heteroatoms. The first kappa shape index (κ1) is 33.8. The van der Waals surface area contributed by atoms with Crippen LogP contribution in [0.2, 0.25) is 10.0 Å². The number of halogens is 4. The van der Waals surface area contributed by atoms with Gasteiger partial charge in [-0.2, -0.15) is 0 Å². The van der Waals surface area contributed by atoms with Gasteiger partial charge in [0.25, 0.3) is 0 Å². The number of rotatable bonds is 10. The minimum absolute atomic E-state index is 0.0316. The van der Waals surface area contributed by atoms with Crippen molar-refractivity contribution in [3.8, 4) is 0 Å². The Kier molecular flexibility index (Phi) is 15.4. The fourth-order valence-electron chi connectivity index (χ4n) is 3.73. The number of unbranched alkanes of at least 4 members (excludes halogenated alkanes) is 2. The normalized spacial score (nSPS) is 16.4. The molecule has 1 aliphatic rings. The lowest BCUT2D eigenvalue weighted by atomic mass is 9.83. The highest BCUT2D eigenvalue weighted by molar-refractivity contribution is 6.31. The molecule has 1 saturated heterocycles. The molecule has 1 unspecified atom stereocenters. The Morgan fingerprint density at radius 3 is 2.16 bits per heavy atom. The third-order valence-corrected chi connectivity index (χ3v) is 5.93. The van der Waals surface area contributed by atoms with E-state index >= 15 is 0 Å². The van der Waals surface area contributed by atoms with E-state index in [9.17, 15) is 18.4 Å². The van der Waals surface area contributed by atoms with E-state index in [1.54, 1.807) is 12.1 Å². The fraction of sp³-hybridized carbons (Fsp3) is 0.500. The minimum atomic E-state index is -0.550. The maximum atomic E-state index is 14.0. The largest absolute Gasteiger partial charge is 0.396 e. The molecule has 1 heterocycles. The van der Waals surface area contributed by atoms with E-state index in [0.717, 1.165) is 31.4 Å². The lowest BCUT2D eigenvalue weighted by Gasteiger charge is -2.22. The molecule has 0 spiro atoms. The van der Waals surface area contributed by atoms with E-state index in [0.29, 0.717) is 42.6 Å². The van der Waals surface area contributed by atoms with E-state index in [1.165, 1.54) is 18.2 Å². The molecule has 2 aromatic carbocycles. The summed E-state index contributed by atoms with van der Waals surface area (Å²) >= 11 is 11.7. The smallest absolute Gasteiger partial charge is 0.211 e. The third kappa shape index (κ3) is 12.5. The van der Waals surface area contributed by atoms with Gasteiger partial charge in [0.1, 0.15) is 11.6 Å². The van der Waals surface area contributed by atoms with Gasteiger partial charge < -0.3 is 21.1 Å². The lowest BCUT2D eigenvalue weighted by Crippen LogP contribution is -2.12. The Morgan fingerprint density at radius 1 is 0.947 bits per heavy atom. The molecule has 3 rings (SSSR count). The molecular formula is C28H39Cl2F2N3O3. The van der Waals surface area contributed by atoms with E-state index < -0.39 is 11.6 Å². The summed E-state index contributed by atoms with van der Waals surface area (Å²) in [5.41, 5.74) is 2.45. The molecule has 1 fully saturated rings. The molecular weight excluding hydrogens is 535 g/mol. The van der Waals surface area contributed by atoms with Crippen molar-refractivity contribution < 1.29 is 23.5 Å². The average Bonchev–Trinajstić information content (AvgIpc) is 3.32. The topological polar surface area (TPSA) is 90.5 Å². The van der Waals surface area contributed by atoms with E-state index in [2.05, 4.69) is 43.6 Å². The van der Waals surface area contributed by atoms with Crippen LogP contribution in [0.15, 0.2) is 30.3 Å².